The second-order valence-corrected chi connectivity index (χ2v) is 3.87. The van der Waals surface area contributed by atoms with Crippen LogP contribution in [-0.4, -0.2) is 31.3 Å². The standard InChI is InChI=1S/C11H10F3N3O3/c12-11(13,14)20-8-3-1-7(2-4-8)5-17-6-15-9(16-17)10(18)19/h1-4,6,10,18-19H,5H2. The van der Waals surface area contributed by atoms with Crippen molar-refractivity contribution in [2.45, 2.75) is 19.2 Å². The third-order valence-electron chi connectivity index (χ3n) is 2.29. The molecule has 2 aromatic rings. The Morgan fingerprint density at radius 1 is 1.20 bits per heavy atom. The van der Waals surface area contributed by atoms with E-state index in [4.69, 9.17) is 10.2 Å². The lowest BCUT2D eigenvalue weighted by Crippen LogP contribution is -2.17. The molecule has 2 N–H and O–H groups in total. The van der Waals surface area contributed by atoms with Crippen LogP contribution in [0.4, 0.5) is 13.2 Å². The molecule has 0 atom stereocenters. The summed E-state index contributed by atoms with van der Waals surface area (Å²) in [7, 11) is 0. The lowest BCUT2D eigenvalue weighted by Gasteiger charge is -2.09. The molecule has 20 heavy (non-hydrogen) atoms. The zero-order valence-electron chi connectivity index (χ0n) is 9.95. The molecule has 0 saturated carbocycles. The van der Waals surface area contributed by atoms with Gasteiger partial charge < -0.3 is 14.9 Å². The largest absolute Gasteiger partial charge is 0.573 e. The minimum absolute atomic E-state index is 0.151. The number of nitrogens with zero attached hydrogens (tertiary/aromatic N) is 3. The quantitative estimate of drug-likeness (QED) is 0.827. The summed E-state index contributed by atoms with van der Waals surface area (Å²) >= 11 is 0. The van der Waals surface area contributed by atoms with Crippen LogP contribution in [0.25, 0.3) is 0 Å². The number of hydrogen-bond acceptors (Lipinski definition) is 5. The number of aromatic nitrogens is 3. The van der Waals surface area contributed by atoms with Gasteiger partial charge in [-0.1, -0.05) is 12.1 Å². The molecule has 0 spiro atoms. The fourth-order valence-electron chi connectivity index (χ4n) is 1.49. The van der Waals surface area contributed by atoms with Crippen molar-refractivity contribution in [1.82, 2.24) is 14.8 Å². The van der Waals surface area contributed by atoms with Crippen LogP contribution in [0, 0.1) is 0 Å². The molecule has 0 radical (unpaired) electrons. The summed E-state index contributed by atoms with van der Waals surface area (Å²) in [5, 5.41) is 21.5. The van der Waals surface area contributed by atoms with Crippen molar-refractivity contribution >= 4 is 0 Å². The summed E-state index contributed by atoms with van der Waals surface area (Å²) < 4.78 is 41.0. The van der Waals surface area contributed by atoms with Gasteiger partial charge in [0.1, 0.15) is 12.1 Å². The first kappa shape index (κ1) is 14.3. The molecule has 0 aliphatic heterocycles. The molecule has 0 fully saturated rings. The van der Waals surface area contributed by atoms with E-state index in [1.54, 1.807) is 0 Å². The monoisotopic (exact) mass is 289 g/mol. The Morgan fingerprint density at radius 2 is 1.85 bits per heavy atom. The molecule has 0 saturated heterocycles. The predicted octanol–water partition coefficient (Wildman–Crippen LogP) is 1.21. The summed E-state index contributed by atoms with van der Waals surface area (Å²) in [6.07, 6.45) is -5.20. The maximum Gasteiger partial charge on any atom is 0.573 e. The smallest absolute Gasteiger partial charge is 0.406 e. The van der Waals surface area contributed by atoms with Crippen molar-refractivity contribution in [3.63, 3.8) is 0 Å². The number of ether oxygens (including phenoxy) is 1. The molecule has 0 bridgehead atoms. The summed E-state index contributed by atoms with van der Waals surface area (Å²) in [4.78, 5) is 3.66. The number of rotatable bonds is 4. The summed E-state index contributed by atoms with van der Waals surface area (Å²) in [5.41, 5.74) is 0.656. The molecule has 0 aliphatic carbocycles. The van der Waals surface area contributed by atoms with Crippen LogP contribution in [0.5, 0.6) is 5.75 Å². The number of aliphatic hydroxyl groups is 2. The minimum Gasteiger partial charge on any atom is -0.406 e. The first-order valence-corrected chi connectivity index (χ1v) is 5.44. The van der Waals surface area contributed by atoms with E-state index in [9.17, 15) is 13.2 Å². The lowest BCUT2D eigenvalue weighted by molar-refractivity contribution is -0.274. The summed E-state index contributed by atoms with van der Waals surface area (Å²) in [6, 6.07) is 5.25. The van der Waals surface area contributed by atoms with Gasteiger partial charge >= 0.3 is 6.36 Å². The van der Waals surface area contributed by atoms with E-state index in [0.717, 1.165) is 0 Å². The van der Waals surface area contributed by atoms with Crippen molar-refractivity contribution in [2.75, 3.05) is 0 Å². The Bertz CT molecular complexity index is 566. The highest BCUT2D eigenvalue weighted by Gasteiger charge is 2.30. The van der Waals surface area contributed by atoms with Gasteiger partial charge in [0.2, 0.25) is 12.1 Å². The van der Waals surface area contributed by atoms with Crippen LogP contribution in [0.3, 0.4) is 0 Å². The number of alkyl halides is 3. The average molecular weight is 289 g/mol. The van der Waals surface area contributed by atoms with Gasteiger partial charge in [-0.2, -0.15) is 5.10 Å². The van der Waals surface area contributed by atoms with Gasteiger partial charge in [-0.05, 0) is 17.7 Å². The second-order valence-electron chi connectivity index (χ2n) is 3.87. The predicted molar refractivity (Wildman–Crippen MR) is 59.4 cm³/mol. The molecule has 6 nitrogen and oxygen atoms in total. The minimum atomic E-state index is -4.72. The Hall–Kier alpha value is -2.13. The number of benzene rings is 1. The lowest BCUT2D eigenvalue weighted by atomic mass is 10.2. The zero-order chi connectivity index (χ0) is 14.8. The molecule has 0 amide bonds. The zero-order valence-corrected chi connectivity index (χ0v) is 9.95. The van der Waals surface area contributed by atoms with Crippen molar-refractivity contribution in [3.8, 4) is 5.75 Å². The van der Waals surface area contributed by atoms with Gasteiger partial charge in [0, 0.05) is 0 Å². The normalized spacial score (nSPS) is 11.9. The maximum absolute atomic E-state index is 12.0. The highest BCUT2D eigenvalue weighted by molar-refractivity contribution is 5.27. The van der Waals surface area contributed by atoms with Crippen LogP contribution >= 0.6 is 0 Å². The van der Waals surface area contributed by atoms with E-state index in [1.807, 2.05) is 0 Å². The molecule has 1 aromatic heterocycles. The van der Waals surface area contributed by atoms with Crippen molar-refractivity contribution in [3.05, 3.63) is 42.0 Å². The highest BCUT2D eigenvalue weighted by atomic mass is 19.4. The highest BCUT2D eigenvalue weighted by Crippen LogP contribution is 2.22. The molecule has 1 heterocycles. The van der Waals surface area contributed by atoms with Crippen molar-refractivity contribution in [1.29, 1.82) is 0 Å². The summed E-state index contributed by atoms with van der Waals surface area (Å²) in [5.74, 6) is -0.465. The third kappa shape index (κ3) is 3.93. The first-order chi connectivity index (χ1) is 9.33. The van der Waals surface area contributed by atoms with E-state index in [1.165, 1.54) is 35.3 Å². The van der Waals surface area contributed by atoms with Crippen LogP contribution in [-0.2, 0) is 6.54 Å². The number of hydrogen-bond donors (Lipinski definition) is 2. The Kier molecular flexibility index (Phi) is 3.91. The molecule has 9 heteroatoms. The van der Waals surface area contributed by atoms with Crippen LogP contribution < -0.4 is 4.74 Å². The fourth-order valence-corrected chi connectivity index (χ4v) is 1.49. The molecule has 0 aliphatic rings. The van der Waals surface area contributed by atoms with Gasteiger partial charge in [-0.25, -0.2) is 9.67 Å². The van der Waals surface area contributed by atoms with Gasteiger partial charge in [-0.3, -0.25) is 0 Å². The molecule has 1 aromatic carbocycles. The Morgan fingerprint density at radius 3 is 2.35 bits per heavy atom. The molecule has 108 valence electrons. The molecular formula is C11H10F3N3O3. The van der Waals surface area contributed by atoms with Gasteiger partial charge in [-0.15, -0.1) is 13.2 Å². The summed E-state index contributed by atoms with van der Waals surface area (Å²) in [6.45, 7) is 0.228. The van der Waals surface area contributed by atoms with Crippen molar-refractivity contribution < 1.29 is 28.1 Å². The third-order valence-corrected chi connectivity index (χ3v) is 2.29. The molecular weight excluding hydrogens is 279 g/mol. The average Bonchev–Trinajstić information content (AvgIpc) is 2.78. The molecule has 2 rings (SSSR count). The molecule has 0 unspecified atom stereocenters. The van der Waals surface area contributed by atoms with E-state index in [-0.39, 0.29) is 18.1 Å². The van der Waals surface area contributed by atoms with Crippen molar-refractivity contribution in [2.24, 2.45) is 0 Å². The number of aliphatic hydroxyl groups excluding tert-OH is 1. The van der Waals surface area contributed by atoms with E-state index >= 15 is 0 Å². The van der Waals surface area contributed by atoms with E-state index in [2.05, 4.69) is 14.8 Å². The Labute approximate surface area is 111 Å². The van der Waals surface area contributed by atoms with E-state index < -0.39 is 12.7 Å². The van der Waals surface area contributed by atoms with Gasteiger partial charge in [0.15, 0.2) is 0 Å². The van der Waals surface area contributed by atoms with Gasteiger partial charge in [0.05, 0.1) is 6.54 Å². The first-order valence-electron chi connectivity index (χ1n) is 5.44. The van der Waals surface area contributed by atoms with Crippen LogP contribution in [0.15, 0.2) is 30.6 Å². The Balaban J connectivity index is 2.03. The van der Waals surface area contributed by atoms with Gasteiger partial charge in [0.25, 0.3) is 0 Å². The fraction of sp³-hybridized carbons (Fsp3) is 0.273. The van der Waals surface area contributed by atoms with Crippen LogP contribution in [0.1, 0.15) is 17.7 Å². The van der Waals surface area contributed by atoms with Crippen LogP contribution in [0.2, 0.25) is 0 Å². The SMILES string of the molecule is OC(O)c1ncn(Cc2ccc(OC(F)(F)F)cc2)n1. The maximum atomic E-state index is 12.0. The second kappa shape index (κ2) is 5.47. The number of halogens is 3. The van der Waals surface area contributed by atoms with E-state index in [0.29, 0.717) is 5.56 Å². The topological polar surface area (TPSA) is 80.4 Å².